The maximum atomic E-state index is 5.44. The van der Waals surface area contributed by atoms with Gasteiger partial charge in [0.15, 0.2) is 0 Å². The highest BCUT2D eigenvalue weighted by atomic mass is 16.5. The first-order chi connectivity index (χ1) is 10.3. The van der Waals surface area contributed by atoms with Crippen LogP contribution in [0.4, 0.5) is 0 Å². The van der Waals surface area contributed by atoms with Gasteiger partial charge in [0.1, 0.15) is 5.75 Å². The van der Waals surface area contributed by atoms with Gasteiger partial charge in [0.2, 0.25) is 0 Å². The molecule has 0 N–H and O–H groups in total. The molecule has 2 aromatic carbocycles. The number of pyridine rings is 1. The van der Waals surface area contributed by atoms with E-state index in [2.05, 4.69) is 23.2 Å². The molecule has 0 fully saturated rings. The van der Waals surface area contributed by atoms with Gasteiger partial charge in [-0.15, -0.1) is 0 Å². The summed E-state index contributed by atoms with van der Waals surface area (Å²) < 4.78 is 5.44. The van der Waals surface area contributed by atoms with Crippen LogP contribution in [0.5, 0.6) is 5.75 Å². The Bertz CT molecular complexity index is 760. The molecule has 0 radical (unpaired) electrons. The van der Waals surface area contributed by atoms with Crippen LogP contribution in [0.25, 0.3) is 23.1 Å². The van der Waals surface area contributed by atoms with E-state index in [1.807, 2.05) is 61.5 Å². The van der Waals surface area contributed by atoms with Crippen LogP contribution in [-0.2, 0) is 0 Å². The van der Waals surface area contributed by atoms with Crippen LogP contribution in [0.3, 0.4) is 0 Å². The number of hydrogen-bond donors (Lipinski definition) is 0. The second kappa shape index (κ2) is 6.23. The molecule has 0 amide bonds. The van der Waals surface area contributed by atoms with Gasteiger partial charge in [0, 0.05) is 5.39 Å². The zero-order valence-corrected chi connectivity index (χ0v) is 12.0. The van der Waals surface area contributed by atoms with Gasteiger partial charge < -0.3 is 4.74 Å². The minimum Gasteiger partial charge on any atom is -0.494 e. The Morgan fingerprint density at radius 2 is 1.71 bits per heavy atom. The van der Waals surface area contributed by atoms with E-state index in [9.17, 15) is 0 Å². The Hall–Kier alpha value is -2.61. The molecule has 0 unspecified atom stereocenters. The Kier molecular flexibility index (Phi) is 3.97. The van der Waals surface area contributed by atoms with Gasteiger partial charge in [-0.3, -0.25) is 0 Å². The number of hydrogen-bond acceptors (Lipinski definition) is 2. The van der Waals surface area contributed by atoms with Gasteiger partial charge in [-0.05, 0) is 42.8 Å². The van der Waals surface area contributed by atoms with Crippen molar-refractivity contribution in [2.75, 3.05) is 6.61 Å². The average molecular weight is 275 g/mol. The summed E-state index contributed by atoms with van der Waals surface area (Å²) in [6.07, 6.45) is 4.09. The number of para-hydroxylation sites is 1. The highest BCUT2D eigenvalue weighted by Crippen LogP contribution is 2.16. The highest BCUT2D eigenvalue weighted by molar-refractivity contribution is 5.80. The highest BCUT2D eigenvalue weighted by Gasteiger charge is 1.95. The fourth-order valence-electron chi connectivity index (χ4n) is 2.20. The molecule has 0 saturated carbocycles. The maximum absolute atomic E-state index is 5.44. The number of benzene rings is 2. The van der Waals surface area contributed by atoms with Crippen LogP contribution in [0.2, 0.25) is 0 Å². The quantitative estimate of drug-likeness (QED) is 0.682. The van der Waals surface area contributed by atoms with Crippen molar-refractivity contribution in [3.63, 3.8) is 0 Å². The van der Waals surface area contributed by atoms with E-state index in [1.54, 1.807) is 0 Å². The number of aromatic nitrogens is 1. The van der Waals surface area contributed by atoms with Gasteiger partial charge in [0.05, 0.1) is 17.8 Å². The summed E-state index contributed by atoms with van der Waals surface area (Å²) in [4.78, 5) is 4.63. The van der Waals surface area contributed by atoms with E-state index in [4.69, 9.17) is 4.74 Å². The predicted octanol–water partition coefficient (Wildman–Crippen LogP) is 4.80. The largest absolute Gasteiger partial charge is 0.494 e. The summed E-state index contributed by atoms with van der Waals surface area (Å²) in [6, 6.07) is 20.3. The van der Waals surface area contributed by atoms with E-state index in [-0.39, 0.29) is 0 Å². The minimum absolute atomic E-state index is 0.691. The molecular formula is C19H17NO. The molecule has 1 aromatic heterocycles. The molecule has 104 valence electrons. The van der Waals surface area contributed by atoms with Crippen LogP contribution in [-0.4, -0.2) is 11.6 Å². The Morgan fingerprint density at radius 3 is 2.52 bits per heavy atom. The monoisotopic (exact) mass is 275 g/mol. The normalized spacial score (nSPS) is 11.1. The van der Waals surface area contributed by atoms with Crippen LogP contribution in [0, 0.1) is 0 Å². The number of ether oxygens (including phenoxy) is 1. The molecule has 0 aliphatic rings. The van der Waals surface area contributed by atoms with Gasteiger partial charge in [-0.2, -0.15) is 0 Å². The number of fused-ring (bicyclic) bond motifs is 1. The third-order valence-electron chi connectivity index (χ3n) is 3.26. The Morgan fingerprint density at radius 1 is 0.905 bits per heavy atom. The zero-order valence-electron chi connectivity index (χ0n) is 12.0. The van der Waals surface area contributed by atoms with Gasteiger partial charge >= 0.3 is 0 Å². The molecule has 1 heterocycles. The van der Waals surface area contributed by atoms with Crippen molar-refractivity contribution in [3.05, 3.63) is 71.9 Å². The molecule has 0 bridgehead atoms. The minimum atomic E-state index is 0.691. The van der Waals surface area contributed by atoms with Crippen molar-refractivity contribution in [1.82, 2.24) is 4.98 Å². The second-order valence-corrected chi connectivity index (χ2v) is 4.76. The molecule has 2 heteroatoms. The molecule has 2 nitrogen and oxygen atoms in total. The number of rotatable bonds is 4. The van der Waals surface area contributed by atoms with E-state index in [0.29, 0.717) is 6.61 Å². The van der Waals surface area contributed by atoms with Gasteiger partial charge in [0.25, 0.3) is 0 Å². The van der Waals surface area contributed by atoms with Crippen molar-refractivity contribution < 1.29 is 4.74 Å². The fraction of sp³-hybridized carbons (Fsp3) is 0.105. The molecule has 21 heavy (non-hydrogen) atoms. The van der Waals surface area contributed by atoms with Crippen LogP contribution >= 0.6 is 0 Å². The average Bonchev–Trinajstić information content (AvgIpc) is 2.54. The van der Waals surface area contributed by atoms with E-state index in [0.717, 1.165) is 27.9 Å². The molecular weight excluding hydrogens is 258 g/mol. The number of nitrogens with zero attached hydrogens (tertiary/aromatic N) is 1. The van der Waals surface area contributed by atoms with Crippen molar-refractivity contribution in [3.8, 4) is 5.75 Å². The zero-order chi connectivity index (χ0) is 14.5. The second-order valence-electron chi connectivity index (χ2n) is 4.76. The first kappa shape index (κ1) is 13.4. The lowest BCUT2D eigenvalue weighted by Crippen LogP contribution is -1.90. The van der Waals surface area contributed by atoms with Gasteiger partial charge in [-0.1, -0.05) is 42.5 Å². The van der Waals surface area contributed by atoms with Gasteiger partial charge in [-0.25, -0.2) is 4.98 Å². The predicted molar refractivity (Wildman–Crippen MR) is 88.3 cm³/mol. The van der Waals surface area contributed by atoms with Crippen molar-refractivity contribution in [1.29, 1.82) is 0 Å². The molecule has 0 aliphatic heterocycles. The summed E-state index contributed by atoms with van der Waals surface area (Å²) in [5.74, 6) is 0.901. The van der Waals surface area contributed by atoms with E-state index in [1.165, 1.54) is 0 Å². The van der Waals surface area contributed by atoms with Crippen molar-refractivity contribution >= 4 is 23.1 Å². The summed E-state index contributed by atoms with van der Waals surface area (Å²) in [7, 11) is 0. The molecule has 0 aliphatic carbocycles. The SMILES string of the molecule is CCOc1ccc(/C=C/c2ccc3ccccc3n2)cc1. The lowest BCUT2D eigenvalue weighted by molar-refractivity contribution is 0.340. The Balaban J connectivity index is 1.80. The molecule has 0 spiro atoms. The van der Waals surface area contributed by atoms with Crippen molar-refractivity contribution in [2.45, 2.75) is 6.92 Å². The summed E-state index contributed by atoms with van der Waals surface area (Å²) in [6.45, 7) is 2.68. The van der Waals surface area contributed by atoms with Crippen LogP contribution in [0.15, 0.2) is 60.7 Å². The smallest absolute Gasteiger partial charge is 0.119 e. The molecule has 3 aromatic rings. The molecule has 3 rings (SSSR count). The lowest BCUT2D eigenvalue weighted by Gasteiger charge is -2.02. The Labute approximate surface area is 124 Å². The topological polar surface area (TPSA) is 22.1 Å². The fourth-order valence-corrected chi connectivity index (χ4v) is 2.20. The maximum Gasteiger partial charge on any atom is 0.119 e. The van der Waals surface area contributed by atoms with E-state index >= 15 is 0 Å². The summed E-state index contributed by atoms with van der Waals surface area (Å²) in [5.41, 5.74) is 3.11. The van der Waals surface area contributed by atoms with E-state index < -0.39 is 0 Å². The third kappa shape index (κ3) is 3.29. The van der Waals surface area contributed by atoms with Crippen molar-refractivity contribution in [2.24, 2.45) is 0 Å². The van der Waals surface area contributed by atoms with Crippen LogP contribution in [0.1, 0.15) is 18.2 Å². The summed E-state index contributed by atoms with van der Waals surface area (Å²) in [5, 5.41) is 1.16. The molecule has 0 saturated heterocycles. The lowest BCUT2D eigenvalue weighted by atomic mass is 10.1. The standard InChI is InChI=1S/C19H17NO/c1-2-21-18-13-8-15(9-14-18)7-11-17-12-10-16-5-3-4-6-19(16)20-17/h3-14H,2H2,1H3/b11-7+. The summed E-state index contributed by atoms with van der Waals surface area (Å²) >= 11 is 0. The molecule has 0 atom stereocenters. The third-order valence-corrected chi connectivity index (χ3v) is 3.26. The first-order valence-electron chi connectivity index (χ1n) is 7.12. The van der Waals surface area contributed by atoms with Crippen LogP contribution < -0.4 is 4.74 Å². The first-order valence-corrected chi connectivity index (χ1v) is 7.12.